The lowest BCUT2D eigenvalue weighted by atomic mass is 9.84. The summed E-state index contributed by atoms with van der Waals surface area (Å²) in [6.45, 7) is 3.45. The summed E-state index contributed by atoms with van der Waals surface area (Å²) in [6.07, 6.45) is 6.21. The first-order chi connectivity index (χ1) is 6.67. The minimum Gasteiger partial charge on any atom is -0.458 e. The Morgan fingerprint density at radius 1 is 1.57 bits per heavy atom. The second-order valence-corrected chi connectivity index (χ2v) is 3.66. The predicted octanol–water partition coefficient (Wildman–Crippen LogP) is 1.72. The number of esters is 1. The smallest absolute Gasteiger partial charge is 0.303 e. The van der Waals surface area contributed by atoms with Crippen molar-refractivity contribution < 1.29 is 14.3 Å². The molecule has 78 valence electrons. The van der Waals surface area contributed by atoms with E-state index in [4.69, 9.17) is 4.74 Å². The highest BCUT2D eigenvalue weighted by molar-refractivity contribution is 5.67. The van der Waals surface area contributed by atoms with Crippen molar-refractivity contribution in [3.63, 3.8) is 0 Å². The molecule has 1 aliphatic carbocycles. The van der Waals surface area contributed by atoms with E-state index in [2.05, 4.69) is 6.92 Å². The molecule has 3 atom stereocenters. The first kappa shape index (κ1) is 11.0. The fraction of sp³-hybridized carbons (Fsp3) is 0.636. The molecule has 14 heavy (non-hydrogen) atoms. The zero-order valence-corrected chi connectivity index (χ0v) is 8.60. The van der Waals surface area contributed by atoms with Crippen LogP contribution >= 0.6 is 0 Å². The second-order valence-electron chi connectivity index (χ2n) is 3.66. The third-order valence-corrected chi connectivity index (χ3v) is 2.57. The van der Waals surface area contributed by atoms with Crippen LogP contribution in [0.25, 0.3) is 0 Å². The average molecular weight is 196 g/mol. The number of ether oxygens (including phenoxy) is 1. The lowest BCUT2D eigenvalue weighted by molar-refractivity contribution is -0.147. The van der Waals surface area contributed by atoms with E-state index in [0.29, 0.717) is 5.92 Å². The van der Waals surface area contributed by atoms with Crippen molar-refractivity contribution in [3.8, 4) is 0 Å². The molecule has 0 bridgehead atoms. The van der Waals surface area contributed by atoms with Crippen molar-refractivity contribution in [1.29, 1.82) is 0 Å². The molecule has 0 radical (unpaired) electrons. The lowest BCUT2D eigenvalue weighted by Crippen LogP contribution is -2.30. The van der Waals surface area contributed by atoms with Gasteiger partial charge in [-0.3, -0.25) is 4.79 Å². The number of allylic oxidation sites excluding steroid dienone is 1. The number of carbonyl (C=O) groups excluding carboxylic acids is 2. The maximum Gasteiger partial charge on any atom is 0.303 e. The maximum atomic E-state index is 10.8. The topological polar surface area (TPSA) is 43.4 Å². The highest BCUT2D eigenvalue weighted by atomic mass is 16.5. The molecule has 3 nitrogen and oxygen atoms in total. The molecule has 3 unspecified atom stereocenters. The highest BCUT2D eigenvalue weighted by Crippen LogP contribution is 2.26. The molecule has 0 aromatic rings. The van der Waals surface area contributed by atoms with Gasteiger partial charge in [-0.05, 0) is 24.8 Å². The third-order valence-electron chi connectivity index (χ3n) is 2.57. The Balaban J connectivity index is 2.65. The average Bonchev–Trinajstić information content (AvgIpc) is 2.17. The number of hydrogen-bond donors (Lipinski definition) is 0. The Morgan fingerprint density at radius 3 is 2.79 bits per heavy atom. The molecule has 0 N–H and O–H groups in total. The van der Waals surface area contributed by atoms with Gasteiger partial charge in [0.15, 0.2) is 0 Å². The van der Waals surface area contributed by atoms with E-state index in [-0.39, 0.29) is 18.0 Å². The van der Waals surface area contributed by atoms with Crippen LogP contribution in [0.4, 0.5) is 0 Å². The van der Waals surface area contributed by atoms with Crippen molar-refractivity contribution in [2.75, 3.05) is 0 Å². The standard InChI is InChI=1S/C11H16O3/c1-3-9-4-5-11(14-8(2)13)10(6-9)7-12/h4-5,7,9-11H,3,6H2,1-2H3. The highest BCUT2D eigenvalue weighted by Gasteiger charge is 2.27. The van der Waals surface area contributed by atoms with Crippen LogP contribution in [-0.2, 0) is 14.3 Å². The molecule has 0 saturated heterocycles. The van der Waals surface area contributed by atoms with Gasteiger partial charge in [0.1, 0.15) is 12.4 Å². The molecule has 0 saturated carbocycles. The van der Waals surface area contributed by atoms with Gasteiger partial charge in [-0.25, -0.2) is 0 Å². The normalized spacial score (nSPS) is 31.1. The van der Waals surface area contributed by atoms with Crippen LogP contribution in [0.3, 0.4) is 0 Å². The van der Waals surface area contributed by atoms with E-state index in [0.717, 1.165) is 19.1 Å². The molecular weight excluding hydrogens is 180 g/mol. The van der Waals surface area contributed by atoms with Crippen molar-refractivity contribution in [2.45, 2.75) is 32.8 Å². The number of aldehydes is 1. The van der Waals surface area contributed by atoms with Crippen LogP contribution in [-0.4, -0.2) is 18.4 Å². The Morgan fingerprint density at radius 2 is 2.29 bits per heavy atom. The van der Waals surface area contributed by atoms with E-state index >= 15 is 0 Å². The van der Waals surface area contributed by atoms with E-state index in [1.165, 1.54) is 6.92 Å². The zero-order valence-electron chi connectivity index (χ0n) is 8.60. The van der Waals surface area contributed by atoms with Crippen molar-refractivity contribution >= 4 is 12.3 Å². The van der Waals surface area contributed by atoms with Gasteiger partial charge >= 0.3 is 5.97 Å². The van der Waals surface area contributed by atoms with Gasteiger partial charge in [-0.2, -0.15) is 0 Å². The molecule has 0 aliphatic heterocycles. The first-order valence-electron chi connectivity index (χ1n) is 4.98. The molecule has 0 amide bonds. The Hall–Kier alpha value is -1.12. The number of hydrogen-bond acceptors (Lipinski definition) is 3. The Kier molecular flexibility index (Phi) is 3.86. The molecule has 0 aromatic heterocycles. The molecule has 3 heteroatoms. The van der Waals surface area contributed by atoms with Crippen LogP contribution in [0.15, 0.2) is 12.2 Å². The van der Waals surface area contributed by atoms with E-state index in [1.54, 1.807) is 0 Å². The van der Waals surface area contributed by atoms with Crippen LogP contribution < -0.4 is 0 Å². The van der Waals surface area contributed by atoms with Crippen molar-refractivity contribution in [3.05, 3.63) is 12.2 Å². The monoisotopic (exact) mass is 196 g/mol. The largest absolute Gasteiger partial charge is 0.458 e. The van der Waals surface area contributed by atoms with Crippen molar-refractivity contribution in [1.82, 2.24) is 0 Å². The van der Waals surface area contributed by atoms with Gasteiger partial charge < -0.3 is 9.53 Å². The number of carbonyl (C=O) groups is 2. The first-order valence-corrected chi connectivity index (χ1v) is 4.98. The zero-order chi connectivity index (χ0) is 10.6. The second kappa shape index (κ2) is 4.94. The summed E-state index contributed by atoms with van der Waals surface area (Å²) in [5.41, 5.74) is 0. The maximum absolute atomic E-state index is 10.8. The minimum atomic E-state index is -0.354. The minimum absolute atomic E-state index is 0.172. The Labute approximate surface area is 84.1 Å². The fourth-order valence-electron chi connectivity index (χ4n) is 1.73. The van der Waals surface area contributed by atoms with Crippen LogP contribution in [0.5, 0.6) is 0 Å². The SMILES string of the molecule is CCC1C=CC(OC(C)=O)C(C=O)C1. The summed E-state index contributed by atoms with van der Waals surface area (Å²) < 4.78 is 5.03. The molecule has 0 aromatic carbocycles. The number of rotatable bonds is 3. The molecule has 0 fully saturated rings. The van der Waals surface area contributed by atoms with E-state index in [1.807, 2.05) is 12.2 Å². The third kappa shape index (κ3) is 2.69. The summed E-state index contributed by atoms with van der Waals surface area (Å²) in [4.78, 5) is 21.5. The van der Waals surface area contributed by atoms with Gasteiger partial charge in [0.05, 0.1) is 5.92 Å². The summed E-state index contributed by atoms with van der Waals surface area (Å²) in [5, 5.41) is 0. The van der Waals surface area contributed by atoms with Crippen LogP contribution in [0.1, 0.15) is 26.7 Å². The van der Waals surface area contributed by atoms with Crippen LogP contribution in [0, 0.1) is 11.8 Å². The Bertz CT molecular complexity index is 245. The van der Waals surface area contributed by atoms with Gasteiger partial charge in [-0.1, -0.05) is 13.0 Å². The molecular formula is C11H16O3. The summed E-state index contributed by atoms with van der Waals surface area (Å²) >= 11 is 0. The summed E-state index contributed by atoms with van der Waals surface area (Å²) in [5.74, 6) is -0.0627. The summed E-state index contributed by atoms with van der Waals surface area (Å²) in [6, 6.07) is 0. The van der Waals surface area contributed by atoms with Crippen molar-refractivity contribution in [2.24, 2.45) is 11.8 Å². The van der Waals surface area contributed by atoms with E-state index < -0.39 is 0 Å². The lowest BCUT2D eigenvalue weighted by Gasteiger charge is -2.27. The van der Waals surface area contributed by atoms with Gasteiger partial charge in [0.2, 0.25) is 0 Å². The van der Waals surface area contributed by atoms with E-state index in [9.17, 15) is 9.59 Å². The quantitative estimate of drug-likeness (QED) is 0.392. The van der Waals surface area contributed by atoms with Gasteiger partial charge in [-0.15, -0.1) is 0 Å². The predicted molar refractivity (Wildman–Crippen MR) is 52.6 cm³/mol. The van der Waals surface area contributed by atoms with Gasteiger partial charge in [0, 0.05) is 6.92 Å². The van der Waals surface area contributed by atoms with Crippen LogP contribution in [0.2, 0.25) is 0 Å². The molecule has 0 heterocycles. The summed E-state index contributed by atoms with van der Waals surface area (Å²) in [7, 11) is 0. The molecule has 1 rings (SSSR count). The molecule has 0 spiro atoms. The molecule has 1 aliphatic rings. The fourth-order valence-corrected chi connectivity index (χ4v) is 1.73. The van der Waals surface area contributed by atoms with Gasteiger partial charge in [0.25, 0.3) is 0 Å².